The van der Waals surface area contributed by atoms with Crippen LogP contribution < -0.4 is 10.6 Å². The van der Waals surface area contributed by atoms with Gasteiger partial charge >= 0.3 is 0 Å². The minimum atomic E-state index is 0. The fourth-order valence-electron chi connectivity index (χ4n) is 3.65. The molecule has 0 aromatic heterocycles. The monoisotopic (exact) mass is 458 g/mol. The van der Waals surface area contributed by atoms with Gasteiger partial charge in [-0.2, -0.15) is 0 Å². The number of guanidine groups is 1. The average Bonchev–Trinajstić information content (AvgIpc) is 3.23. The lowest BCUT2D eigenvalue weighted by Gasteiger charge is -2.21. The Morgan fingerprint density at radius 1 is 1.32 bits per heavy atom. The van der Waals surface area contributed by atoms with Crippen molar-refractivity contribution in [3.8, 4) is 0 Å². The highest BCUT2D eigenvalue weighted by molar-refractivity contribution is 14.0. The van der Waals surface area contributed by atoms with Crippen molar-refractivity contribution in [2.24, 2.45) is 4.99 Å². The third kappa shape index (κ3) is 6.11. The summed E-state index contributed by atoms with van der Waals surface area (Å²) >= 11 is 0. The van der Waals surface area contributed by atoms with Gasteiger partial charge in [0.2, 0.25) is 0 Å². The number of ether oxygens (including phenoxy) is 1. The summed E-state index contributed by atoms with van der Waals surface area (Å²) in [6.07, 6.45) is 3.80. The van der Waals surface area contributed by atoms with E-state index >= 15 is 0 Å². The summed E-state index contributed by atoms with van der Waals surface area (Å²) in [5.74, 6) is 0.893. The lowest BCUT2D eigenvalue weighted by Crippen LogP contribution is -2.46. The number of nitrogens with zero attached hydrogens (tertiary/aromatic N) is 2. The van der Waals surface area contributed by atoms with Gasteiger partial charge in [0, 0.05) is 45.4 Å². The molecule has 2 fully saturated rings. The summed E-state index contributed by atoms with van der Waals surface area (Å²) in [5.41, 5.74) is 1.38. The van der Waals surface area contributed by atoms with Gasteiger partial charge in [0.05, 0.1) is 6.10 Å². The summed E-state index contributed by atoms with van der Waals surface area (Å²) in [5, 5.41) is 6.99. The maximum Gasteiger partial charge on any atom is 0.191 e. The molecule has 3 unspecified atom stereocenters. The second-order valence-electron chi connectivity index (χ2n) is 6.93. The van der Waals surface area contributed by atoms with Gasteiger partial charge in [-0.25, -0.2) is 0 Å². The van der Waals surface area contributed by atoms with Gasteiger partial charge in [-0.15, -0.1) is 24.0 Å². The van der Waals surface area contributed by atoms with Gasteiger partial charge < -0.3 is 15.4 Å². The highest BCUT2D eigenvalue weighted by atomic mass is 127. The minimum Gasteiger partial charge on any atom is -0.376 e. The first-order valence-electron chi connectivity index (χ1n) is 9.11. The van der Waals surface area contributed by atoms with Crippen LogP contribution in [-0.2, 0) is 11.3 Å². The lowest BCUT2D eigenvalue weighted by molar-refractivity contribution is 0.113. The third-order valence-corrected chi connectivity index (χ3v) is 5.02. The van der Waals surface area contributed by atoms with E-state index in [1.165, 1.54) is 12.0 Å². The highest BCUT2D eigenvalue weighted by Gasteiger charge is 2.29. The molecule has 3 atom stereocenters. The first-order chi connectivity index (χ1) is 11.7. The number of rotatable bonds is 5. The van der Waals surface area contributed by atoms with Crippen molar-refractivity contribution in [3.05, 3.63) is 35.9 Å². The number of halogens is 1. The summed E-state index contributed by atoms with van der Waals surface area (Å²) in [6, 6.07) is 11.7. The average molecular weight is 458 g/mol. The Kier molecular flexibility index (Phi) is 8.45. The third-order valence-electron chi connectivity index (χ3n) is 5.02. The molecule has 6 heteroatoms. The second-order valence-corrected chi connectivity index (χ2v) is 6.93. The predicted octanol–water partition coefficient (Wildman–Crippen LogP) is 2.61. The standard InChI is InChI=1S/C19H30N4O.HI/c1-15-11-17(14-23(15)13-16-7-4-3-5-8-16)22-19(20-2)21-12-18-9-6-10-24-18;/h3-5,7-8,15,17-18H,6,9-14H2,1-2H3,(H2,20,21,22);1H. The van der Waals surface area contributed by atoms with Crippen LogP contribution in [0.5, 0.6) is 0 Å². The Hall–Kier alpha value is -0.860. The molecule has 2 saturated heterocycles. The molecule has 1 aromatic carbocycles. The van der Waals surface area contributed by atoms with Crippen molar-refractivity contribution in [2.75, 3.05) is 26.7 Å². The van der Waals surface area contributed by atoms with Gasteiger partial charge in [-0.05, 0) is 31.7 Å². The molecule has 0 bridgehead atoms. The van der Waals surface area contributed by atoms with Gasteiger partial charge in [0.1, 0.15) is 0 Å². The van der Waals surface area contributed by atoms with E-state index in [0.717, 1.165) is 45.0 Å². The molecule has 2 N–H and O–H groups in total. The van der Waals surface area contributed by atoms with E-state index in [0.29, 0.717) is 18.2 Å². The molecule has 0 amide bonds. The Bertz CT molecular complexity index is 533. The van der Waals surface area contributed by atoms with E-state index in [4.69, 9.17) is 4.74 Å². The molecular weight excluding hydrogens is 427 g/mol. The maximum absolute atomic E-state index is 5.66. The van der Waals surface area contributed by atoms with E-state index in [9.17, 15) is 0 Å². The molecule has 2 heterocycles. The van der Waals surface area contributed by atoms with Crippen LogP contribution in [0.1, 0.15) is 31.7 Å². The largest absolute Gasteiger partial charge is 0.376 e. The summed E-state index contributed by atoms with van der Waals surface area (Å²) in [6.45, 7) is 6.12. The first kappa shape index (κ1) is 20.5. The molecule has 0 spiro atoms. The highest BCUT2D eigenvalue weighted by Crippen LogP contribution is 2.20. The molecule has 2 aliphatic heterocycles. The molecule has 1 aromatic rings. The molecule has 25 heavy (non-hydrogen) atoms. The Morgan fingerprint density at radius 3 is 2.80 bits per heavy atom. The number of benzene rings is 1. The van der Waals surface area contributed by atoms with E-state index in [2.05, 4.69) is 57.8 Å². The van der Waals surface area contributed by atoms with Crippen molar-refractivity contribution >= 4 is 29.9 Å². The first-order valence-corrected chi connectivity index (χ1v) is 9.11. The van der Waals surface area contributed by atoms with E-state index in [1.807, 2.05) is 7.05 Å². The SMILES string of the molecule is CN=C(NCC1CCCO1)NC1CC(C)N(Cc2ccccc2)C1.I. The Labute approximate surface area is 168 Å². The smallest absolute Gasteiger partial charge is 0.191 e. The Morgan fingerprint density at radius 2 is 2.12 bits per heavy atom. The molecule has 2 aliphatic rings. The molecule has 0 saturated carbocycles. The molecule has 0 radical (unpaired) electrons. The second kappa shape index (κ2) is 10.3. The van der Waals surface area contributed by atoms with Gasteiger partial charge in [0.15, 0.2) is 5.96 Å². The summed E-state index contributed by atoms with van der Waals surface area (Å²) in [4.78, 5) is 6.91. The topological polar surface area (TPSA) is 48.9 Å². The van der Waals surface area contributed by atoms with Gasteiger partial charge in [-0.3, -0.25) is 9.89 Å². The fourth-order valence-corrected chi connectivity index (χ4v) is 3.65. The molecular formula is C19H31IN4O. The van der Waals surface area contributed by atoms with Crippen molar-refractivity contribution < 1.29 is 4.74 Å². The fraction of sp³-hybridized carbons (Fsp3) is 0.632. The lowest BCUT2D eigenvalue weighted by atomic mass is 10.2. The van der Waals surface area contributed by atoms with Crippen molar-refractivity contribution in [2.45, 2.75) is 50.9 Å². The van der Waals surface area contributed by atoms with Crippen LogP contribution in [0, 0.1) is 0 Å². The zero-order valence-corrected chi connectivity index (χ0v) is 17.6. The summed E-state index contributed by atoms with van der Waals surface area (Å²) < 4.78 is 5.66. The molecule has 5 nitrogen and oxygen atoms in total. The van der Waals surface area contributed by atoms with E-state index in [1.54, 1.807) is 0 Å². The van der Waals surface area contributed by atoms with Crippen LogP contribution in [0.25, 0.3) is 0 Å². The number of likely N-dealkylation sites (tertiary alicyclic amines) is 1. The maximum atomic E-state index is 5.66. The van der Waals surface area contributed by atoms with Gasteiger partial charge in [0.25, 0.3) is 0 Å². The van der Waals surface area contributed by atoms with Gasteiger partial charge in [-0.1, -0.05) is 30.3 Å². The van der Waals surface area contributed by atoms with Crippen LogP contribution in [0.3, 0.4) is 0 Å². The van der Waals surface area contributed by atoms with Crippen molar-refractivity contribution in [1.82, 2.24) is 15.5 Å². The zero-order valence-electron chi connectivity index (χ0n) is 15.3. The normalized spacial score (nSPS) is 27.1. The Balaban J connectivity index is 0.00000225. The molecule has 0 aliphatic carbocycles. The van der Waals surface area contributed by atoms with E-state index < -0.39 is 0 Å². The number of nitrogens with one attached hydrogen (secondary N) is 2. The van der Waals surface area contributed by atoms with Crippen molar-refractivity contribution in [3.63, 3.8) is 0 Å². The minimum absolute atomic E-state index is 0. The molecule has 140 valence electrons. The van der Waals surface area contributed by atoms with Crippen molar-refractivity contribution in [1.29, 1.82) is 0 Å². The van der Waals surface area contributed by atoms with Crippen LogP contribution in [-0.4, -0.2) is 55.8 Å². The predicted molar refractivity (Wildman–Crippen MR) is 114 cm³/mol. The number of hydrogen-bond acceptors (Lipinski definition) is 3. The number of aliphatic imine (C=N–C) groups is 1. The van der Waals surface area contributed by atoms with E-state index in [-0.39, 0.29) is 24.0 Å². The molecule has 3 rings (SSSR count). The summed E-state index contributed by atoms with van der Waals surface area (Å²) in [7, 11) is 1.84. The quantitative estimate of drug-likeness (QED) is 0.405. The van der Waals surface area contributed by atoms with Crippen LogP contribution in [0.2, 0.25) is 0 Å². The van der Waals surface area contributed by atoms with Crippen LogP contribution in [0.4, 0.5) is 0 Å². The van der Waals surface area contributed by atoms with Crippen LogP contribution >= 0.6 is 24.0 Å². The van der Waals surface area contributed by atoms with Crippen LogP contribution in [0.15, 0.2) is 35.3 Å². The number of hydrogen-bond donors (Lipinski definition) is 2. The zero-order chi connectivity index (χ0) is 16.8.